The first-order chi connectivity index (χ1) is 8.90. The summed E-state index contributed by atoms with van der Waals surface area (Å²) in [5.41, 5.74) is 1.72. The molecule has 0 aliphatic heterocycles. The molecule has 0 aliphatic rings. The van der Waals surface area contributed by atoms with Gasteiger partial charge in [-0.2, -0.15) is 0 Å². The number of hydrogen-bond acceptors (Lipinski definition) is 2. The van der Waals surface area contributed by atoms with Crippen LogP contribution in [-0.4, -0.2) is 23.5 Å². The highest BCUT2D eigenvalue weighted by atomic mass is 16.5. The number of ether oxygens (including phenoxy) is 1. The number of H-pyrrole nitrogens is 1. The van der Waals surface area contributed by atoms with Crippen molar-refractivity contribution in [2.45, 2.75) is 32.7 Å². The molecule has 0 unspecified atom stereocenters. The zero-order valence-corrected chi connectivity index (χ0v) is 11.8. The van der Waals surface area contributed by atoms with Gasteiger partial charge < -0.3 is 15.0 Å². The predicted molar refractivity (Wildman–Crippen MR) is 76.5 cm³/mol. The summed E-state index contributed by atoms with van der Waals surface area (Å²) in [7, 11) is 1.64. The van der Waals surface area contributed by atoms with E-state index in [4.69, 9.17) is 4.74 Å². The molecule has 4 nitrogen and oxygen atoms in total. The quantitative estimate of drug-likeness (QED) is 0.891. The van der Waals surface area contributed by atoms with Crippen molar-refractivity contribution >= 4 is 16.8 Å². The van der Waals surface area contributed by atoms with Gasteiger partial charge in [0.15, 0.2) is 0 Å². The largest absolute Gasteiger partial charge is 0.496 e. The first-order valence-corrected chi connectivity index (χ1v) is 6.34. The van der Waals surface area contributed by atoms with Crippen LogP contribution in [0.3, 0.4) is 0 Å². The minimum Gasteiger partial charge on any atom is -0.496 e. The lowest BCUT2D eigenvalue weighted by molar-refractivity contribution is -0.121. The number of methoxy groups -OCH3 is 1. The van der Waals surface area contributed by atoms with E-state index in [2.05, 4.69) is 10.3 Å². The Labute approximate surface area is 113 Å². The number of amides is 1. The normalized spacial score (nSPS) is 11.6. The number of carbonyl (C=O) groups excluding carboxylic acids is 1. The van der Waals surface area contributed by atoms with Crippen LogP contribution in [0.25, 0.3) is 10.9 Å². The fourth-order valence-corrected chi connectivity index (χ4v) is 2.16. The number of hydrogen-bond donors (Lipinski definition) is 2. The van der Waals surface area contributed by atoms with Crippen LogP contribution in [0, 0.1) is 0 Å². The van der Waals surface area contributed by atoms with Gasteiger partial charge in [0.25, 0.3) is 0 Å². The lowest BCUT2D eigenvalue weighted by atomic mass is 10.1. The molecule has 1 aromatic carbocycles. The van der Waals surface area contributed by atoms with Crippen LogP contribution in [-0.2, 0) is 11.2 Å². The number of rotatable bonds is 3. The molecule has 102 valence electrons. The average molecular weight is 260 g/mol. The number of fused-ring (bicyclic) bond motifs is 1. The lowest BCUT2D eigenvalue weighted by Crippen LogP contribution is -2.41. The van der Waals surface area contributed by atoms with Crippen LogP contribution in [0.1, 0.15) is 26.3 Å². The highest BCUT2D eigenvalue weighted by molar-refractivity contribution is 5.93. The molecule has 2 N–H and O–H groups in total. The molecule has 4 heteroatoms. The van der Waals surface area contributed by atoms with Gasteiger partial charge in [0.1, 0.15) is 5.75 Å². The standard InChI is InChI=1S/C15H20N2O2/c1-15(2,3)17-13(18)8-10-9-16-11-6-5-7-12(19-4)14(10)11/h5-7,9,16H,8H2,1-4H3,(H,17,18). The maximum Gasteiger partial charge on any atom is 0.224 e. The molecule has 1 amide bonds. The van der Waals surface area contributed by atoms with E-state index < -0.39 is 0 Å². The van der Waals surface area contributed by atoms with E-state index in [1.54, 1.807) is 7.11 Å². The van der Waals surface area contributed by atoms with Crippen molar-refractivity contribution in [3.05, 3.63) is 30.0 Å². The minimum atomic E-state index is -0.215. The molecule has 0 aliphatic carbocycles. The highest BCUT2D eigenvalue weighted by Crippen LogP contribution is 2.28. The van der Waals surface area contributed by atoms with E-state index in [9.17, 15) is 4.79 Å². The molecule has 2 rings (SSSR count). The van der Waals surface area contributed by atoms with Crippen molar-refractivity contribution in [3.8, 4) is 5.75 Å². The third kappa shape index (κ3) is 3.08. The molecule has 0 atom stereocenters. The van der Waals surface area contributed by atoms with Crippen molar-refractivity contribution in [1.29, 1.82) is 0 Å². The summed E-state index contributed by atoms with van der Waals surface area (Å²) >= 11 is 0. The summed E-state index contributed by atoms with van der Waals surface area (Å²) in [6, 6.07) is 5.81. The van der Waals surface area contributed by atoms with E-state index in [1.165, 1.54) is 0 Å². The van der Waals surface area contributed by atoms with E-state index in [1.807, 2.05) is 45.2 Å². The van der Waals surface area contributed by atoms with Gasteiger partial charge in [0.05, 0.1) is 13.5 Å². The summed E-state index contributed by atoms with van der Waals surface area (Å²) in [6.45, 7) is 5.92. The molecule has 0 saturated carbocycles. The molecule has 0 bridgehead atoms. The van der Waals surface area contributed by atoms with Gasteiger partial charge >= 0.3 is 0 Å². The van der Waals surface area contributed by atoms with Crippen molar-refractivity contribution in [1.82, 2.24) is 10.3 Å². The van der Waals surface area contributed by atoms with Crippen molar-refractivity contribution in [2.24, 2.45) is 0 Å². The Bertz CT molecular complexity index is 594. The number of carbonyl (C=O) groups is 1. The molecule has 1 aromatic heterocycles. The topological polar surface area (TPSA) is 54.1 Å². The Balaban J connectivity index is 2.29. The molecule has 0 radical (unpaired) electrons. The van der Waals surface area contributed by atoms with E-state index in [0.29, 0.717) is 6.42 Å². The SMILES string of the molecule is COc1cccc2[nH]cc(CC(=O)NC(C)(C)C)c12. The summed E-state index contributed by atoms with van der Waals surface area (Å²) in [5.74, 6) is 0.802. The number of aromatic nitrogens is 1. The first-order valence-electron chi connectivity index (χ1n) is 6.34. The van der Waals surface area contributed by atoms with Gasteiger partial charge in [-0.1, -0.05) is 6.07 Å². The molecule has 19 heavy (non-hydrogen) atoms. The van der Waals surface area contributed by atoms with Crippen LogP contribution in [0.5, 0.6) is 5.75 Å². The Morgan fingerprint density at radius 2 is 2.11 bits per heavy atom. The third-order valence-corrected chi connectivity index (χ3v) is 2.83. The maximum atomic E-state index is 12.0. The third-order valence-electron chi connectivity index (χ3n) is 2.83. The van der Waals surface area contributed by atoms with Crippen LogP contribution in [0.4, 0.5) is 0 Å². The molecule has 2 aromatic rings. The van der Waals surface area contributed by atoms with E-state index >= 15 is 0 Å². The smallest absolute Gasteiger partial charge is 0.224 e. The molecular formula is C15H20N2O2. The van der Waals surface area contributed by atoms with Crippen LogP contribution >= 0.6 is 0 Å². The molecule has 1 heterocycles. The second kappa shape index (κ2) is 4.96. The Hall–Kier alpha value is -1.97. The predicted octanol–water partition coefficient (Wildman–Crippen LogP) is 2.63. The zero-order valence-electron chi connectivity index (χ0n) is 11.8. The molecule has 0 saturated heterocycles. The summed E-state index contributed by atoms with van der Waals surface area (Å²) in [5, 5.41) is 3.95. The first kappa shape index (κ1) is 13.5. The maximum absolute atomic E-state index is 12.0. The van der Waals surface area contributed by atoms with Gasteiger partial charge in [-0.05, 0) is 38.5 Å². The number of nitrogens with one attached hydrogen (secondary N) is 2. The van der Waals surface area contributed by atoms with Gasteiger partial charge in [-0.25, -0.2) is 0 Å². The Morgan fingerprint density at radius 3 is 2.74 bits per heavy atom. The van der Waals surface area contributed by atoms with E-state index in [-0.39, 0.29) is 11.4 Å². The minimum absolute atomic E-state index is 0.0132. The summed E-state index contributed by atoms with van der Waals surface area (Å²) in [6.07, 6.45) is 2.22. The van der Waals surface area contributed by atoms with Crippen molar-refractivity contribution < 1.29 is 9.53 Å². The Morgan fingerprint density at radius 1 is 1.37 bits per heavy atom. The lowest BCUT2D eigenvalue weighted by Gasteiger charge is -2.20. The fraction of sp³-hybridized carbons (Fsp3) is 0.400. The van der Waals surface area contributed by atoms with Crippen LogP contribution in [0.2, 0.25) is 0 Å². The molecule has 0 fully saturated rings. The van der Waals surface area contributed by atoms with Crippen molar-refractivity contribution in [3.63, 3.8) is 0 Å². The number of aromatic amines is 1. The van der Waals surface area contributed by atoms with Gasteiger partial charge in [0.2, 0.25) is 5.91 Å². The van der Waals surface area contributed by atoms with Gasteiger partial charge in [-0.15, -0.1) is 0 Å². The van der Waals surface area contributed by atoms with Crippen molar-refractivity contribution in [2.75, 3.05) is 7.11 Å². The second-order valence-corrected chi connectivity index (χ2v) is 5.67. The van der Waals surface area contributed by atoms with Crippen LogP contribution in [0.15, 0.2) is 24.4 Å². The average Bonchev–Trinajstić information content (AvgIpc) is 2.70. The monoisotopic (exact) mass is 260 g/mol. The Kier molecular flexibility index (Phi) is 3.51. The molecular weight excluding hydrogens is 240 g/mol. The summed E-state index contributed by atoms with van der Waals surface area (Å²) < 4.78 is 5.36. The molecule has 0 spiro atoms. The number of benzene rings is 1. The van der Waals surface area contributed by atoms with E-state index in [0.717, 1.165) is 22.2 Å². The summed E-state index contributed by atoms with van der Waals surface area (Å²) in [4.78, 5) is 15.2. The van der Waals surface area contributed by atoms with Crippen LogP contribution < -0.4 is 10.1 Å². The fourth-order valence-electron chi connectivity index (χ4n) is 2.16. The second-order valence-electron chi connectivity index (χ2n) is 5.67. The van der Waals surface area contributed by atoms with Gasteiger partial charge in [0, 0.05) is 22.6 Å². The van der Waals surface area contributed by atoms with Gasteiger partial charge in [-0.3, -0.25) is 4.79 Å². The highest BCUT2D eigenvalue weighted by Gasteiger charge is 2.16. The zero-order chi connectivity index (χ0) is 14.0.